The van der Waals surface area contributed by atoms with Crippen LogP contribution in [0.15, 0.2) is 0 Å². The summed E-state index contributed by atoms with van der Waals surface area (Å²) in [7, 11) is 0. The van der Waals surface area contributed by atoms with E-state index in [9.17, 15) is 25.2 Å². The SMILES string of the molecule is CC(C)CC(N1CCCC1=O)C1(O)OCC(O)C(O)C1O. The number of rotatable bonds is 4. The first-order valence-electron chi connectivity index (χ1n) is 7.47. The number of nitrogens with zero attached hydrogens (tertiary/aromatic N) is 1. The van der Waals surface area contributed by atoms with Crippen molar-refractivity contribution in [3.8, 4) is 0 Å². The zero-order valence-electron chi connectivity index (χ0n) is 12.5. The molecule has 0 spiro atoms. The van der Waals surface area contributed by atoms with Crippen molar-refractivity contribution in [3.05, 3.63) is 0 Å². The molecule has 5 atom stereocenters. The van der Waals surface area contributed by atoms with Crippen LogP contribution in [0.25, 0.3) is 0 Å². The number of amides is 1. The summed E-state index contributed by atoms with van der Waals surface area (Å²) in [5.41, 5.74) is 0. The number of hydrogen-bond donors (Lipinski definition) is 4. The van der Waals surface area contributed by atoms with Gasteiger partial charge in [0.2, 0.25) is 11.7 Å². The van der Waals surface area contributed by atoms with Crippen LogP contribution in [0.1, 0.15) is 33.1 Å². The predicted octanol–water partition coefficient (Wildman–Crippen LogP) is -1.17. The number of carbonyl (C=O) groups is 1. The molecule has 21 heavy (non-hydrogen) atoms. The lowest BCUT2D eigenvalue weighted by molar-refractivity contribution is -0.341. The molecule has 0 bridgehead atoms. The van der Waals surface area contributed by atoms with E-state index in [1.807, 2.05) is 13.8 Å². The van der Waals surface area contributed by atoms with E-state index in [1.54, 1.807) is 0 Å². The summed E-state index contributed by atoms with van der Waals surface area (Å²) in [4.78, 5) is 13.5. The molecule has 0 aromatic carbocycles. The smallest absolute Gasteiger partial charge is 0.223 e. The molecule has 0 aliphatic carbocycles. The first-order chi connectivity index (χ1) is 9.77. The Balaban J connectivity index is 2.28. The molecule has 2 saturated heterocycles. The maximum absolute atomic E-state index is 12.0. The molecule has 2 fully saturated rings. The molecule has 2 heterocycles. The summed E-state index contributed by atoms with van der Waals surface area (Å²) in [6.07, 6.45) is -2.89. The Bertz CT molecular complexity index is 390. The van der Waals surface area contributed by atoms with E-state index < -0.39 is 30.1 Å². The second-order valence-electron chi connectivity index (χ2n) is 6.40. The van der Waals surface area contributed by atoms with Crippen LogP contribution in [0, 0.1) is 5.92 Å². The van der Waals surface area contributed by atoms with Crippen molar-refractivity contribution in [2.75, 3.05) is 13.2 Å². The molecule has 2 aliphatic heterocycles. The minimum atomic E-state index is -2.07. The highest BCUT2D eigenvalue weighted by molar-refractivity contribution is 5.78. The molecule has 7 heteroatoms. The molecular weight excluding hydrogens is 278 g/mol. The summed E-state index contributed by atoms with van der Waals surface area (Å²) in [5.74, 6) is -2.00. The van der Waals surface area contributed by atoms with Gasteiger partial charge in [-0.25, -0.2) is 0 Å². The van der Waals surface area contributed by atoms with Crippen LogP contribution in [0.5, 0.6) is 0 Å². The van der Waals surface area contributed by atoms with E-state index in [4.69, 9.17) is 4.74 Å². The van der Waals surface area contributed by atoms with E-state index in [2.05, 4.69) is 0 Å². The Labute approximate surface area is 124 Å². The van der Waals surface area contributed by atoms with Crippen molar-refractivity contribution in [2.24, 2.45) is 5.92 Å². The quantitative estimate of drug-likeness (QED) is 0.521. The third kappa shape index (κ3) is 3.07. The lowest BCUT2D eigenvalue weighted by atomic mass is 9.86. The summed E-state index contributed by atoms with van der Waals surface area (Å²) in [5, 5.41) is 40.3. The standard InChI is InChI=1S/C14H25NO6/c1-8(2)6-10(15-5-3-4-11(15)17)14(20)13(19)12(18)9(16)7-21-14/h8-10,12-13,16,18-20H,3-7H2,1-2H3. The van der Waals surface area contributed by atoms with Gasteiger partial charge in [-0.05, 0) is 18.8 Å². The minimum absolute atomic E-state index is 0.0921. The molecular formula is C14H25NO6. The Morgan fingerprint density at radius 3 is 2.57 bits per heavy atom. The van der Waals surface area contributed by atoms with E-state index in [0.29, 0.717) is 25.8 Å². The summed E-state index contributed by atoms with van der Waals surface area (Å²) in [6, 6.07) is -0.746. The number of aliphatic hydroxyl groups excluding tert-OH is 3. The summed E-state index contributed by atoms with van der Waals surface area (Å²) >= 11 is 0. The van der Waals surface area contributed by atoms with Crippen LogP contribution in [-0.2, 0) is 9.53 Å². The van der Waals surface area contributed by atoms with Gasteiger partial charge in [0.1, 0.15) is 18.3 Å². The first-order valence-corrected chi connectivity index (χ1v) is 7.47. The van der Waals surface area contributed by atoms with Gasteiger partial charge in [-0.3, -0.25) is 4.79 Å². The van der Waals surface area contributed by atoms with Crippen LogP contribution >= 0.6 is 0 Å². The molecule has 0 saturated carbocycles. The second kappa shape index (κ2) is 6.18. The normalized spacial score (nSPS) is 39.1. The fraction of sp³-hybridized carbons (Fsp3) is 0.929. The van der Waals surface area contributed by atoms with Gasteiger partial charge in [0.05, 0.1) is 12.6 Å². The van der Waals surface area contributed by atoms with E-state index >= 15 is 0 Å². The number of ether oxygens (including phenoxy) is 1. The number of carbonyl (C=O) groups excluding carboxylic acids is 1. The van der Waals surface area contributed by atoms with Gasteiger partial charge in [0, 0.05) is 13.0 Å². The summed E-state index contributed by atoms with van der Waals surface area (Å²) < 4.78 is 5.29. The number of likely N-dealkylation sites (tertiary alicyclic amines) is 1. The highest BCUT2D eigenvalue weighted by Crippen LogP contribution is 2.34. The van der Waals surface area contributed by atoms with Crippen LogP contribution in [0.4, 0.5) is 0 Å². The van der Waals surface area contributed by atoms with Crippen molar-refractivity contribution in [3.63, 3.8) is 0 Å². The molecule has 0 radical (unpaired) electrons. The van der Waals surface area contributed by atoms with Gasteiger partial charge in [0.15, 0.2) is 0 Å². The lowest BCUT2D eigenvalue weighted by Crippen LogP contribution is -2.69. The van der Waals surface area contributed by atoms with E-state index in [1.165, 1.54) is 4.90 Å². The molecule has 0 aromatic heterocycles. The topological polar surface area (TPSA) is 110 Å². The molecule has 7 nitrogen and oxygen atoms in total. The average molecular weight is 303 g/mol. The van der Waals surface area contributed by atoms with E-state index in [0.717, 1.165) is 0 Å². The second-order valence-corrected chi connectivity index (χ2v) is 6.40. The average Bonchev–Trinajstić information content (AvgIpc) is 2.84. The molecule has 2 rings (SSSR count). The van der Waals surface area contributed by atoms with Crippen molar-refractivity contribution in [1.29, 1.82) is 0 Å². The van der Waals surface area contributed by atoms with Gasteiger partial charge in [0.25, 0.3) is 0 Å². The maximum Gasteiger partial charge on any atom is 0.223 e. The Morgan fingerprint density at radius 1 is 1.38 bits per heavy atom. The number of aliphatic hydroxyl groups is 4. The van der Waals surface area contributed by atoms with Gasteiger partial charge < -0.3 is 30.1 Å². The van der Waals surface area contributed by atoms with Gasteiger partial charge in [-0.2, -0.15) is 0 Å². The minimum Gasteiger partial charge on any atom is -0.388 e. The Morgan fingerprint density at radius 2 is 2.05 bits per heavy atom. The highest BCUT2D eigenvalue weighted by atomic mass is 16.7. The third-order valence-electron chi connectivity index (χ3n) is 4.29. The molecule has 1 amide bonds. The summed E-state index contributed by atoms with van der Waals surface area (Å²) in [6.45, 7) is 4.09. The molecule has 0 aromatic rings. The third-order valence-corrected chi connectivity index (χ3v) is 4.29. The van der Waals surface area contributed by atoms with E-state index in [-0.39, 0.29) is 18.4 Å². The van der Waals surface area contributed by atoms with Crippen LogP contribution in [0.2, 0.25) is 0 Å². The Kier molecular flexibility index (Phi) is 4.89. The fourth-order valence-corrected chi connectivity index (χ4v) is 3.12. The van der Waals surface area contributed by atoms with Gasteiger partial charge >= 0.3 is 0 Å². The monoisotopic (exact) mass is 303 g/mol. The van der Waals surface area contributed by atoms with Crippen LogP contribution in [0.3, 0.4) is 0 Å². The number of hydrogen-bond acceptors (Lipinski definition) is 6. The zero-order chi connectivity index (χ0) is 15.8. The highest BCUT2D eigenvalue weighted by Gasteiger charge is 2.55. The first kappa shape index (κ1) is 16.6. The van der Waals surface area contributed by atoms with Gasteiger partial charge in [-0.15, -0.1) is 0 Å². The van der Waals surface area contributed by atoms with Crippen molar-refractivity contribution in [2.45, 2.75) is 63.3 Å². The molecule has 5 unspecified atom stereocenters. The largest absolute Gasteiger partial charge is 0.388 e. The van der Waals surface area contributed by atoms with Crippen LogP contribution < -0.4 is 0 Å². The predicted molar refractivity (Wildman–Crippen MR) is 73.1 cm³/mol. The zero-order valence-corrected chi connectivity index (χ0v) is 12.5. The Hall–Kier alpha value is -0.730. The molecule has 2 aliphatic rings. The van der Waals surface area contributed by atoms with Crippen molar-refractivity contribution >= 4 is 5.91 Å². The van der Waals surface area contributed by atoms with Crippen molar-refractivity contribution < 1.29 is 30.0 Å². The van der Waals surface area contributed by atoms with Crippen molar-refractivity contribution in [1.82, 2.24) is 4.90 Å². The fourth-order valence-electron chi connectivity index (χ4n) is 3.12. The molecule has 4 N–H and O–H groups in total. The maximum atomic E-state index is 12.0. The van der Waals surface area contributed by atoms with Crippen LogP contribution in [-0.4, -0.2) is 74.5 Å². The lowest BCUT2D eigenvalue weighted by Gasteiger charge is -2.48. The molecule has 122 valence electrons. The van der Waals surface area contributed by atoms with Gasteiger partial charge in [-0.1, -0.05) is 13.8 Å².